The van der Waals surface area contributed by atoms with Crippen molar-refractivity contribution in [2.75, 3.05) is 5.73 Å². The highest BCUT2D eigenvalue weighted by Crippen LogP contribution is 2.30. The van der Waals surface area contributed by atoms with Crippen molar-refractivity contribution < 1.29 is 9.90 Å². The van der Waals surface area contributed by atoms with Gasteiger partial charge in [-0.25, -0.2) is 0 Å². The lowest BCUT2D eigenvalue weighted by Gasteiger charge is -2.11. The zero-order valence-electron chi connectivity index (χ0n) is 7.00. The number of carboxylic acids is 1. The Balaban J connectivity index is 3.26. The van der Waals surface area contributed by atoms with Crippen LogP contribution >= 0.6 is 23.2 Å². The molecule has 0 saturated heterocycles. The smallest absolute Gasteiger partial charge is 0.325 e. The molecule has 0 aromatic heterocycles. The molecule has 76 valence electrons. The monoisotopic (exact) mass is 234 g/mol. The summed E-state index contributed by atoms with van der Waals surface area (Å²) in [6, 6.07) is 1.60. The average Bonchev–Trinajstić information content (AvgIpc) is 2.09. The second-order valence-corrected chi connectivity index (χ2v) is 3.55. The fourth-order valence-electron chi connectivity index (χ4n) is 0.995. The third-order valence-corrected chi connectivity index (χ3v) is 2.26. The predicted octanol–water partition coefficient (Wildman–Crippen LogP) is 1.66. The van der Waals surface area contributed by atoms with Gasteiger partial charge in [0, 0.05) is 10.6 Å². The lowest BCUT2D eigenvalue weighted by molar-refractivity contribution is -0.138. The zero-order chi connectivity index (χ0) is 10.9. The minimum absolute atomic E-state index is 0.144. The Hall–Kier alpha value is -0.970. The van der Waals surface area contributed by atoms with Crippen LogP contribution in [0, 0.1) is 0 Å². The van der Waals surface area contributed by atoms with Crippen LogP contribution in [0.1, 0.15) is 11.6 Å². The van der Waals surface area contributed by atoms with Gasteiger partial charge in [-0.3, -0.25) is 4.79 Å². The Morgan fingerprint density at radius 3 is 2.50 bits per heavy atom. The number of hydrogen-bond donors (Lipinski definition) is 3. The third-order valence-electron chi connectivity index (χ3n) is 1.73. The first-order valence-electron chi connectivity index (χ1n) is 3.66. The van der Waals surface area contributed by atoms with Crippen LogP contribution in [0.2, 0.25) is 10.0 Å². The normalized spacial score (nSPS) is 12.5. The van der Waals surface area contributed by atoms with E-state index in [1.807, 2.05) is 0 Å². The number of nitrogens with two attached hydrogens (primary N) is 2. The van der Waals surface area contributed by atoms with Gasteiger partial charge in [0.25, 0.3) is 0 Å². The standard InChI is InChI=1S/C8H8Cl2N2O2/c9-3-1-4(7(12)8(13)14)6(11)5(10)2-3/h1-2,7H,11-12H2,(H,13,14). The molecule has 1 atom stereocenters. The van der Waals surface area contributed by atoms with E-state index in [9.17, 15) is 4.79 Å². The van der Waals surface area contributed by atoms with Crippen molar-refractivity contribution in [2.45, 2.75) is 6.04 Å². The van der Waals surface area contributed by atoms with Crippen LogP contribution in [0.25, 0.3) is 0 Å². The molecule has 1 rings (SSSR count). The average molecular weight is 235 g/mol. The van der Waals surface area contributed by atoms with Crippen molar-refractivity contribution in [1.29, 1.82) is 0 Å². The fourth-order valence-corrected chi connectivity index (χ4v) is 1.50. The number of rotatable bonds is 2. The summed E-state index contributed by atoms with van der Waals surface area (Å²) in [7, 11) is 0. The van der Waals surface area contributed by atoms with Gasteiger partial charge in [-0.15, -0.1) is 0 Å². The molecule has 0 aliphatic heterocycles. The van der Waals surface area contributed by atoms with Crippen molar-refractivity contribution in [3.63, 3.8) is 0 Å². The minimum atomic E-state index is -1.22. The summed E-state index contributed by atoms with van der Waals surface area (Å²) in [5.74, 6) is -1.19. The summed E-state index contributed by atoms with van der Waals surface area (Å²) in [5.41, 5.74) is 11.3. The number of carbonyl (C=O) groups is 1. The van der Waals surface area contributed by atoms with Gasteiger partial charge in [0.05, 0.1) is 10.7 Å². The molecule has 0 spiro atoms. The molecule has 0 radical (unpaired) electrons. The van der Waals surface area contributed by atoms with Crippen molar-refractivity contribution in [3.05, 3.63) is 27.7 Å². The molecule has 0 aliphatic rings. The molecule has 6 heteroatoms. The van der Waals surface area contributed by atoms with Gasteiger partial charge in [0.15, 0.2) is 0 Å². The van der Waals surface area contributed by atoms with Crippen LogP contribution in [0.3, 0.4) is 0 Å². The van der Waals surface area contributed by atoms with Gasteiger partial charge in [-0.05, 0) is 12.1 Å². The van der Waals surface area contributed by atoms with E-state index in [0.717, 1.165) is 0 Å². The van der Waals surface area contributed by atoms with Gasteiger partial charge in [0.2, 0.25) is 0 Å². The van der Waals surface area contributed by atoms with Crippen LogP contribution in [0.4, 0.5) is 5.69 Å². The Morgan fingerprint density at radius 2 is 2.00 bits per heavy atom. The maximum absolute atomic E-state index is 10.6. The number of halogens is 2. The van der Waals surface area contributed by atoms with Crippen LogP contribution in [0.15, 0.2) is 12.1 Å². The number of hydrogen-bond acceptors (Lipinski definition) is 3. The molecule has 1 aromatic rings. The highest BCUT2D eigenvalue weighted by molar-refractivity contribution is 6.36. The topological polar surface area (TPSA) is 89.3 Å². The largest absolute Gasteiger partial charge is 0.480 e. The van der Waals surface area contributed by atoms with Gasteiger partial charge in [-0.1, -0.05) is 23.2 Å². The molecule has 1 unspecified atom stereocenters. The summed E-state index contributed by atoms with van der Waals surface area (Å²) in [6.45, 7) is 0. The molecular weight excluding hydrogens is 227 g/mol. The van der Waals surface area contributed by atoms with Crippen molar-refractivity contribution >= 4 is 34.9 Å². The highest BCUT2D eigenvalue weighted by Gasteiger charge is 2.19. The van der Waals surface area contributed by atoms with E-state index in [1.54, 1.807) is 0 Å². The van der Waals surface area contributed by atoms with Crippen molar-refractivity contribution in [2.24, 2.45) is 5.73 Å². The zero-order valence-corrected chi connectivity index (χ0v) is 8.51. The van der Waals surface area contributed by atoms with Crippen LogP contribution in [0.5, 0.6) is 0 Å². The summed E-state index contributed by atoms with van der Waals surface area (Å²) in [6.07, 6.45) is 0. The van der Waals surface area contributed by atoms with Gasteiger partial charge >= 0.3 is 5.97 Å². The van der Waals surface area contributed by atoms with Gasteiger partial charge in [-0.2, -0.15) is 0 Å². The van der Waals surface area contributed by atoms with Gasteiger partial charge < -0.3 is 16.6 Å². The molecule has 5 N–H and O–H groups in total. The molecule has 0 fully saturated rings. The molecule has 0 aliphatic carbocycles. The van der Waals surface area contributed by atoms with E-state index in [4.69, 9.17) is 39.8 Å². The molecule has 1 aromatic carbocycles. The first kappa shape index (κ1) is 11.1. The third kappa shape index (κ3) is 2.09. The Bertz CT molecular complexity index is 382. The van der Waals surface area contributed by atoms with E-state index in [2.05, 4.69) is 0 Å². The molecule has 0 heterocycles. The van der Waals surface area contributed by atoms with Crippen molar-refractivity contribution in [3.8, 4) is 0 Å². The van der Waals surface area contributed by atoms with E-state index in [1.165, 1.54) is 12.1 Å². The number of carboxylic acid groups (broad SMARTS) is 1. The first-order chi connectivity index (χ1) is 6.43. The second-order valence-electron chi connectivity index (χ2n) is 2.71. The van der Waals surface area contributed by atoms with E-state index in [-0.39, 0.29) is 16.3 Å². The summed E-state index contributed by atoms with van der Waals surface area (Å²) >= 11 is 11.4. The second kappa shape index (κ2) is 4.04. The van der Waals surface area contributed by atoms with E-state index >= 15 is 0 Å². The SMILES string of the molecule is Nc1c(Cl)cc(Cl)cc1C(N)C(=O)O. The Kier molecular flexibility index (Phi) is 3.21. The van der Waals surface area contributed by atoms with Crippen LogP contribution < -0.4 is 11.5 Å². The first-order valence-corrected chi connectivity index (χ1v) is 4.42. The summed E-state index contributed by atoms with van der Waals surface area (Å²) < 4.78 is 0. The molecular formula is C8H8Cl2N2O2. The molecule has 0 amide bonds. The number of benzene rings is 1. The van der Waals surface area contributed by atoms with E-state index in [0.29, 0.717) is 5.02 Å². The summed E-state index contributed by atoms with van der Waals surface area (Å²) in [5, 5.41) is 9.18. The van der Waals surface area contributed by atoms with Gasteiger partial charge in [0.1, 0.15) is 6.04 Å². The molecule has 0 bridgehead atoms. The molecule has 0 saturated carbocycles. The number of aliphatic carboxylic acids is 1. The lowest BCUT2D eigenvalue weighted by atomic mass is 10.1. The maximum Gasteiger partial charge on any atom is 0.325 e. The summed E-state index contributed by atoms with van der Waals surface area (Å²) in [4.78, 5) is 10.6. The number of nitrogen functional groups attached to an aromatic ring is 1. The number of anilines is 1. The van der Waals surface area contributed by atoms with Crippen molar-refractivity contribution in [1.82, 2.24) is 0 Å². The molecule has 4 nitrogen and oxygen atoms in total. The highest BCUT2D eigenvalue weighted by atomic mass is 35.5. The molecule has 14 heavy (non-hydrogen) atoms. The van der Waals surface area contributed by atoms with Crippen LogP contribution in [-0.4, -0.2) is 11.1 Å². The lowest BCUT2D eigenvalue weighted by Crippen LogP contribution is -2.22. The Morgan fingerprint density at radius 1 is 1.43 bits per heavy atom. The van der Waals surface area contributed by atoms with Crippen LogP contribution in [-0.2, 0) is 4.79 Å². The fraction of sp³-hybridized carbons (Fsp3) is 0.125. The van der Waals surface area contributed by atoms with E-state index < -0.39 is 12.0 Å². The predicted molar refractivity (Wildman–Crippen MR) is 55.4 cm³/mol. The minimum Gasteiger partial charge on any atom is -0.480 e. The Labute approximate surface area is 90.4 Å². The maximum atomic E-state index is 10.6. The quantitative estimate of drug-likeness (QED) is 0.680.